The predicted molar refractivity (Wildman–Crippen MR) is 90.0 cm³/mol. The maximum atomic E-state index is 8.95. The van der Waals surface area contributed by atoms with Crippen molar-refractivity contribution in [3.05, 3.63) is 12.7 Å². The van der Waals surface area contributed by atoms with E-state index in [-0.39, 0.29) is 12.3 Å². The van der Waals surface area contributed by atoms with Crippen molar-refractivity contribution >= 4 is 25.4 Å². The molecule has 1 aliphatic rings. The quantitative estimate of drug-likeness (QED) is 0.472. The molecule has 3 heterocycles. The number of imidazole rings is 1. The van der Waals surface area contributed by atoms with Crippen LogP contribution in [0, 0.1) is 0 Å². The van der Waals surface area contributed by atoms with Crippen LogP contribution in [0.15, 0.2) is 12.7 Å². The van der Waals surface area contributed by atoms with E-state index in [4.69, 9.17) is 30.5 Å². The number of fused-ring (bicyclic) bond motifs is 1. The number of hydrogen-bond donors (Lipinski definition) is 5. The fraction of sp³-hybridized carbons (Fsp3) is 0.615. The second-order valence-corrected chi connectivity index (χ2v) is 5.95. The third kappa shape index (κ3) is 5.04. The SMILES string of the molecule is CO.CO.Nc1ncnc2c1ncn2C1CCC(CCP(O)O)O1. The van der Waals surface area contributed by atoms with Crippen LogP contribution in [0.3, 0.4) is 0 Å². The maximum Gasteiger partial charge on any atom is 0.167 e. The van der Waals surface area contributed by atoms with Gasteiger partial charge in [0.15, 0.2) is 19.8 Å². The van der Waals surface area contributed by atoms with Crippen molar-refractivity contribution in [1.82, 2.24) is 19.5 Å². The van der Waals surface area contributed by atoms with Gasteiger partial charge in [-0.25, -0.2) is 15.0 Å². The van der Waals surface area contributed by atoms with Crippen LogP contribution in [0.25, 0.3) is 11.2 Å². The lowest BCUT2D eigenvalue weighted by molar-refractivity contribution is 0.00301. The van der Waals surface area contributed by atoms with Crippen molar-refractivity contribution in [2.24, 2.45) is 0 Å². The van der Waals surface area contributed by atoms with Crippen LogP contribution < -0.4 is 5.73 Å². The molecule has 0 bridgehead atoms. The minimum absolute atomic E-state index is 0.0425. The fourth-order valence-electron chi connectivity index (χ4n) is 2.44. The van der Waals surface area contributed by atoms with Crippen molar-refractivity contribution in [2.45, 2.75) is 31.6 Å². The normalized spacial score (nSPS) is 19.6. The molecule has 3 rings (SSSR count). The first-order chi connectivity index (χ1) is 11.6. The van der Waals surface area contributed by atoms with Crippen LogP contribution in [-0.2, 0) is 4.74 Å². The van der Waals surface area contributed by atoms with Gasteiger partial charge in [-0.2, -0.15) is 0 Å². The van der Waals surface area contributed by atoms with Gasteiger partial charge in [-0.1, -0.05) is 0 Å². The van der Waals surface area contributed by atoms with Gasteiger partial charge in [-0.3, -0.25) is 4.57 Å². The van der Waals surface area contributed by atoms with Gasteiger partial charge in [0, 0.05) is 20.4 Å². The molecular weight excluding hydrogens is 337 g/mol. The summed E-state index contributed by atoms with van der Waals surface area (Å²) in [5, 5.41) is 14.0. The Hall–Kier alpha value is -1.42. The molecule has 11 heteroatoms. The van der Waals surface area contributed by atoms with Crippen molar-refractivity contribution in [3.8, 4) is 0 Å². The first-order valence-corrected chi connectivity index (χ1v) is 8.71. The van der Waals surface area contributed by atoms with E-state index < -0.39 is 8.38 Å². The van der Waals surface area contributed by atoms with Crippen molar-refractivity contribution in [3.63, 3.8) is 0 Å². The molecule has 0 radical (unpaired) electrons. The van der Waals surface area contributed by atoms with E-state index in [0.717, 1.165) is 27.1 Å². The van der Waals surface area contributed by atoms with Crippen LogP contribution in [0.5, 0.6) is 0 Å². The molecule has 2 unspecified atom stereocenters. The van der Waals surface area contributed by atoms with E-state index in [9.17, 15) is 0 Å². The van der Waals surface area contributed by atoms with E-state index in [0.29, 0.717) is 29.6 Å². The number of hydrogen-bond acceptors (Lipinski definition) is 9. The zero-order valence-corrected chi connectivity index (χ0v) is 14.5. The molecule has 0 aromatic carbocycles. The van der Waals surface area contributed by atoms with Gasteiger partial charge in [0.25, 0.3) is 0 Å². The highest BCUT2D eigenvalue weighted by molar-refractivity contribution is 7.45. The third-order valence-corrected chi connectivity index (χ3v) is 4.09. The summed E-state index contributed by atoms with van der Waals surface area (Å²) in [6.07, 6.45) is 5.73. The summed E-state index contributed by atoms with van der Waals surface area (Å²) in [5.41, 5.74) is 6.99. The molecule has 136 valence electrons. The summed E-state index contributed by atoms with van der Waals surface area (Å²) in [6.45, 7) is 0. The second-order valence-electron chi connectivity index (χ2n) is 4.76. The average molecular weight is 361 g/mol. The number of aromatic nitrogens is 4. The Morgan fingerprint density at radius 1 is 1.21 bits per heavy atom. The lowest BCUT2D eigenvalue weighted by Gasteiger charge is -2.15. The van der Waals surface area contributed by atoms with Crippen molar-refractivity contribution < 1.29 is 24.7 Å². The fourth-order valence-corrected chi connectivity index (χ4v) is 2.96. The molecule has 2 aromatic rings. The summed E-state index contributed by atoms with van der Waals surface area (Å²) < 4.78 is 7.77. The number of ether oxygens (including phenoxy) is 1. The largest absolute Gasteiger partial charge is 0.400 e. The standard InChI is InChI=1S/C11H16N5O3P.2CH4O/c12-10-9-11(14-5-13-10)16(6-15-9)8-2-1-7(19-8)3-4-20(17)18;2*1-2/h5-8,17-18H,1-4H2,(H2,12,13,14);2*2H,1H3. The Bertz CT molecular complexity index is 611. The number of nitrogen functional groups attached to an aromatic ring is 1. The Balaban J connectivity index is 0.000000671. The summed E-state index contributed by atoms with van der Waals surface area (Å²) in [5.74, 6) is 0.356. The Labute approximate surface area is 140 Å². The molecule has 6 N–H and O–H groups in total. The smallest absolute Gasteiger partial charge is 0.167 e. The highest BCUT2D eigenvalue weighted by atomic mass is 31.2. The zero-order chi connectivity index (χ0) is 18.1. The van der Waals surface area contributed by atoms with Gasteiger partial charge in [-0.05, 0) is 19.3 Å². The molecule has 2 atom stereocenters. The molecule has 1 aliphatic heterocycles. The Kier molecular flexibility index (Phi) is 8.98. The average Bonchev–Trinajstić information content (AvgIpc) is 3.24. The van der Waals surface area contributed by atoms with E-state index >= 15 is 0 Å². The monoisotopic (exact) mass is 361 g/mol. The van der Waals surface area contributed by atoms with E-state index in [2.05, 4.69) is 15.0 Å². The predicted octanol–water partition coefficient (Wildman–Crippen LogP) is -0.0103. The minimum atomic E-state index is -1.84. The molecule has 1 fully saturated rings. The Morgan fingerprint density at radius 2 is 1.92 bits per heavy atom. The lowest BCUT2D eigenvalue weighted by atomic mass is 10.2. The number of aliphatic hydroxyl groups is 2. The van der Waals surface area contributed by atoms with Gasteiger partial charge < -0.3 is 30.5 Å². The molecule has 1 saturated heterocycles. The zero-order valence-electron chi connectivity index (χ0n) is 13.6. The van der Waals surface area contributed by atoms with Crippen LogP contribution in [0.1, 0.15) is 25.5 Å². The van der Waals surface area contributed by atoms with Gasteiger partial charge in [-0.15, -0.1) is 0 Å². The van der Waals surface area contributed by atoms with Crippen LogP contribution in [-0.4, -0.2) is 66.0 Å². The highest BCUT2D eigenvalue weighted by Gasteiger charge is 2.28. The molecule has 0 amide bonds. The van der Waals surface area contributed by atoms with Crippen molar-refractivity contribution in [1.29, 1.82) is 0 Å². The van der Waals surface area contributed by atoms with E-state index in [1.165, 1.54) is 6.33 Å². The summed E-state index contributed by atoms with van der Waals surface area (Å²) in [6, 6.07) is 0. The van der Waals surface area contributed by atoms with Gasteiger partial charge in [0.2, 0.25) is 0 Å². The maximum absolute atomic E-state index is 8.95. The topological polar surface area (TPSA) is 160 Å². The Morgan fingerprint density at radius 3 is 2.58 bits per heavy atom. The lowest BCUT2D eigenvalue weighted by Crippen LogP contribution is -2.12. The second kappa shape index (κ2) is 10.4. The van der Waals surface area contributed by atoms with E-state index in [1.54, 1.807) is 6.33 Å². The van der Waals surface area contributed by atoms with Crippen LogP contribution >= 0.6 is 8.38 Å². The number of rotatable bonds is 4. The van der Waals surface area contributed by atoms with E-state index in [1.807, 2.05) is 4.57 Å². The molecule has 0 aliphatic carbocycles. The van der Waals surface area contributed by atoms with Gasteiger partial charge in [0.1, 0.15) is 18.1 Å². The first kappa shape index (κ1) is 20.6. The molecule has 24 heavy (non-hydrogen) atoms. The summed E-state index contributed by atoms with van der Waals surface area (Å²) >= 11 is 0. The number of aliphatic hydroxyl groups excluding tert-OH is 2. The molecular formula is C13H24N5O5P. The molecule has 0 saturated carbocycles. The highest BCUT2D eigenvalue weighted by Crippen LogP contribution is 2.34. The number of nitrogens with two attached hydrogens (primary N) is 1. The van der Waals surface area contributed by atoms with Gasteiger partial charge in [0.05, 0.1) is 12.4 Å². The third-order valence-electron chi connectivity index (χ3n) is 3.43. The van der Waals surface area contributed by atoms with Crippen LogP contribution in [0.4, 0.5) is 5.82 Å². The molecule has 0 spiro atoms. The summed E-state index contributed by atoms with van der Waals surface area (Å²) in [4.78, 5) is 30.2. The number of anilines is 1. The van der Waals surface area contributed by atoms with Crippen molar-refractivity contribution in [2.75, 3.05) is 26.1 Å². The van der Waals surface area contributed by atoms with Crippen LogP contribution in [0.2, 0.25) is 0 Å². The molecule has 10 nitrogen and oxygen atoms in total. The first-order valence-electron chi connectivity index (χ1n) is 7.28. The summed E-state index contributed by atoms with van der Waals surface area (Å²) in [7, 11) is 0.155. The number of nitrogens with zero attached hydrogens (tertiary/aromatic N) is 4. The molecule has 2 aromatic heterocycles. The van der Waals surface area contributed by atoms with Gasteiger partial charge >= 0.3 is 0 Å². The minimum Gasteiger partial charge on any atom is -0.400 e.